The van der Waals surface area contributed by atoms with Gasteiger partial charge in [0, 0.05) is 12.4 Å². The van der Waals surface area contributed by atoms with Crippen LogP contribution in [0.5, 0.6) is 0 Å². The fourth-order valence-electron chi connectivity index (χ4n) is 2.16. The summed E-state index contributed by atoms with van der Waals surface area (Å²) < 4.78 is 31.6. The van der Waals surface area contributed by atoms with Crippen molar-refractivity contribution in [1.29, 1.82) is 0 Å². The Hall–Kier alpha value is -2.48. The largest absolute Gasteiger partial charge is 0.338 e. The Morgan fingerprint density at radius 1 is 1.26 bits per heavy atom. The van der Waals surface area contributed by atoms with Crippen LogP contribution in [-0.4, -0.2) is 28.3 Å². The molecule has 0 aliphatic carbocycles. The van der Waals surface area contributed by atoms with E-state index in [0.717, 1.165) is 5.69 Å². The van der Waals surface area contributed by atoms with Gasteiger partial charge in [0.1, 0.15) is 5.25 Å². The molecular formula is C15H16N4O3S. The number of rotatable bonds is 5. The standard InChI is InChI=1S/C15H16N4O3S/c1-11(15-17-12(2)18-22-15)23(20,21)10-13-4-6-14(7-5-13)19-9-3-8-16-19/h3-9,11H,10H2,1-2H3/t11-/m0/s1. The van der Waals surface area contributed by atoms with Crippen LogP contribution in [0.15, 0.2) is 47.2 Å². The molecule has 0 aliphatic rings. The summed E-state index contributed by atoms with van der Waals surface area (Å²) in [5, 5.41) is 6.93. The summed E-state index contributed by atoms with van der Waals surface area (Å²) in [6.07, 6.45) is 3.51. The van der Waals surface area contributed by atoms with Crippen LogP contribution < -0.4 is 0 Å². The molecule has 8 heteroatoms. The molecule has 7 nitrogen and oxygen atoms in total. The van der Waals surface area contributed by atoms with Crippen molar-refractivity contribution >= 4 is 9.84 Å². The highest BCUT2D eigenvalue weighted by atomic mass is 32.2. The lowest BCUT2D eigenvalue weighted by atomic mass is 10.2. The number of aryl methyl sites for hydroxylation is 1. The van der Waals surface area contributed by atoms with Crippen molar-refractivity contribution in [3.63, 3.8) is 0 Å². The molecule has 0 N–H and O–H groups in total. The van der Waals surface area contributed by atoms with Gasteiger partial charge in [-0.1, -0.05) is 17.3 Å². The Morgan fingerprint density at radius 2 is 2.00 bits per heavy atom. The second kappa shape index (κ2) is 5.96. The fourth-order valence-corrected chi connectivity index (χ4v) is 3.47. The van der Waals surface area contributed by atoms with Gasteiger partial charge in [-0.3, -0.25) is 0 Å². The van der Waals surface area contributed by atoms with Crippen LogP contribution in [-0.2, 0) is 15.6 Å². The average molecular weight is 332 g/mol. The number of aromatic nitrogens is 4. The zero-order chi connectivity index (χ0) is 16.4. The Balaban J connectivity index is 1.78. The zero-order valence-corrected chi connectivity index (χ0v) is 13.6. The quantitative estimate of drug-likeness (QED) is 0.711. The molecule has 0 saturated carbocycles. The Bertz CT molecular complexity index is 883. The van der Waals surface area contributed by atoms with Crippen LogP contribution in [0.3, 0.4) is 0 Å². The van der Waals surface area contributed by atoms with E-state index in [4.69, 9.17) is 4.52 Å². The van der Waals surface area contributed by atoms with Gasteiger partial charge in [-0.25, -0.2) is 13.1 Å². The molecule has 1 aromatic carbocycles. The van der Waals surface area contributed by atoms with Gasteiger partial charge < -0.3 is 4.52 Å². The smallest absolute Gasteiger partial charge is 0.244 e. The molecule has 0 bridgehead atoms. The molecule has 0 unspecified atom stereocenters. The number of benzene rings is 1. The van der Waals surface area contributed by atoms with Gasteiger partial charge in [0.25, 0.3) is 0 Å². The first-order valence-electron chi connectivity index (χ1n) is 7.06. The van der Waals surface area contributed by atoms with Crippen molar-refractivity contribution in [3.05, 3.63) is 60.0 Å². The van der Waals surface area contributed by atoms with Crippen LogP contribution in [0.25, 0.3) is 5.69 Å². The van der Waals surface area contributed by atoms with E-state index >= 15 is 0 Å². The first kappa shape index (κ1) is 15.4. The first-order valence-corrected chi connectivity index (χ1v) is 8.78. The molecule has 0 saturated heterocycles. The summed E-state index contributed by atoms with van der Waals surface area (Å²) in [5.74, 6) is 0.455. The van der Waals surface area contributed by atoms with Crippen molar-refractivity contribution in [2.24, 2.45) is 0 Å². The van der Waals surface area contributed by atoms with Crippen LogP contribution in [0.2, 0.25) is 0 Å². The SMILES string of the molecule is Cc1noc([C@H](C)S(=O)(=O)Cc2ccc(-n3cccn3)cc2)n1. The molecule has 0 fully saturated rings. The van der Waals surface area contributed by atoms with E-state index < -0.39 is 15.1 Å². The average Bonchev–Trinajstić information content (AvgIpc) is 3.18. The van der Waals surface area contributed by atoms with Crippen molar-refractivity contribution in [3.8, 4) is 5.69 Å². The van der Waals surface area contributed by atoms with Crippen LogP contribution in [0.1, 0.15) is 29.5 Å². The van der Waals surface area contributed by atoms with Crippen LogP contribution in [0, 0.1) is 6.92 Å². The first-order chi connectivity index (χ1) is 11.0. The summed E-state index contributed by atoms with van der Waals surface area (Å²) in [7, 11) is -3.44. The molecule has 0 amide bonds. The maximum atomic E-state index is 12.5. The van der Waals surface area contributed by atoms with Crippen LogP contribution >= 0.6 is 0 Å². The third-order valence-electron chi connectivity index (χ3n) is 3.50. The van der Waals surface area contributed by atoms with E-state index in [1.54, 1.807) is 36.9 Å². The predicted octanol–water partition coefficient (Wildman–Crippen LogP) is 2.24. The van der Waals surface area contributed by atoms with E-state index in [0.29, 0.717) is 11.4 Å². The second-order valence-corrected chi connectivity index (χ2v) is 7.57. The lowest BCUT2D eigenvalue weighted by molar-refractivity contribution is 0.373. The second-order valence-electron chi connectivity index (χ2n) is 5.25. The zero-order valence-electron chi connectivity index (χ0n) is 12.7. The van der Waals surface area contributed by atoms with E-state index in [1.165, 1.54) is 0 Å². The predicted molar refractivity (Wildman–Crippen MR) is 83.6 cm³/mol. The van der Waals surface area contributed by atoms with Gasteiger partial charge in [-0.15, -0.1) is 0 Å². The van der Waals surface area contributed by atoms with Crippen molar-refractivity contribution < 1.29 is 12.9 Å². The Labute approximate surface area is 133 Å². The monoisotopic (exact) mass is 332 g/mol. The number of sulfone groups is 1. The molecule has 3 aromatic rings. The lowest BCUT2D eigenvalue weighted by Gasteiger charge is -2.09. The van der Waals surface area contributed by atoms with Gasteiger partial charge >= 0.3 is 0 Å². The minimum Gasteiger partial charge on any atom is -0.338 e. The lowest BCUT2D eigenvalue weighted by Crippen LogP contribution is -2.13. The Morgan fingerprint density at radius 3 is 2.57 bits per heavy atom. The van der Waals surface area contributed by atoms with Gasteiger partial charge in [0.2, 0.25) is 5.89 Å². The third-order valence-corrected chi connectivity index (χ3v) is 5.52. The van der Waals surface area contributed by atoms with Crippen molar-refractivity contribution in [2.45, 2.75) is 24.9 Å². The molecule has 0 radical (unpaired) electrons. The molecule has 0 spiro atoms. The fraction of sp³-hybridized carbons (Fsp3) is 0.267. The molecule has 120 valence electrons. The van der Waals surface area contributed by atoms with Gasteiger partial charge in [-0.2, -0.15) is 10.1 Å². The summed E-state index contributed by atoms with van der Waals surface area (Å²) in [5.41, 5.74) is 1.57. The van der Waals surface area contributed by atoms with Gasteiger partial charge in [-0.05, 0) is 37.6 Å². The maximum Gasteiger partial charge on any atom is 0.244 e. The van der Waals surface area contributed by atoms with E-state index in [-0.39, 0.29) is 11.6 Å². The molecule has 3 rings (SSSR count). The molecule has 0 aliphatic heterocycles. The van der Waals surface area contributed by atoms with Gasteiger partial charge in [0.05, 0.1) is 11.4 Å². The number of hydrogen-bond acceptors (Lipinski definition) is 6. The molecule has 23 heavy (non-hydrogen) atoms. The third kappa shape index (κ3) is 3.31. The van der Waals surface area contributed by atoms with Crippen LogP contribution in [0.4, 0.5) is 0 Å². The van der Waals surface area contributed by atoms with Gasteiger partial charge in [0.15, 0.2) is 15.7 Å². The minimum atomic E-state index is -3.44. The van der Waals surface area contributed by atoms with E-state index in [9.17, 15) is 8.42 Å². The van der Waals surface area contributed by atoms with Crippen molar-refractivity contribution in [2.75, 3.05) is 0 Å². The normalized spacial score (nSPS) is 13.1. The molecule has 2 heterocycles. The number of hydrogen-bond donors (Lipinski definition) is 0. The summed E-state index contributed by atoms with van der Waals surface area (Å²) in [6.45, 7) is 3.21. The summed E-state index contributed by atoms with van der Waals surface area (Å²) in [4.78, 5) is 4.00. The highest BCUT2D eigenvalue weighted by Gasteiger charge is 2.27. The minimum absolute atomic E-state index is 0.0883. The maximum absolute atomic E-state index is 12.5. The topological polar surface area (TPSA) is 90.9 Å². The summed E-state index contributed by atoms with van der Waals surface area (Å²) in [6, 6.07) is 9.05. The highest BCUT2D eigenvalue weighted by Crippen LogP contribution is 2.24. The van der Waals surface area contributed by atoms with E-state index in [1.807, 2.05) is 24.4 Å². The molecular weight excluding hydrogens is 316 g/mol. The molecule has 1 atom stereocenters. The molecule has 2 aromatic heterocycles. The summed E-state index contributed by atoms with van der Waals surface area (Å²) >= 11 is 0. The van der Waals surface area contributed by atoms with E-state index in [2.05, 4.69) is 15.2 Å². The van der Waals surface area contributed by atoms with Crippen molar-refractivity contribution in [1.82, 2.24) is 19.9 Å². The number of nitrogens with zero attached hydrogens (tertiary/aromatic N) is 4. The highest BCUT2D eigenvalue weighted by molar-refractivity contribution is 7.90. The Kier molecular flexibility index (Phi) is 3.99.